The average molecular weight is 276 g/mol. The van der Waals surface area contributed by atoms with E-state index in [-0.39, 0.29) is 11.7 Å². The summed E-state index contributed by atoms with van der Waals surface area (Å²) in [6, 6.07) is 3.59. The van der Waals surface area contributed by atoms with Crippen molar-refractivity contribution in [1.82, 2.24) is 0 Å². The number of carbonyl (C=O) groups excluding carboxylic acids is 1. The van der Waals surface area contributed by atoms with E-state index in [0.717, 1.165) is 5.56 Å². The van der Waals surface area contributed by atoms with Crippen LogP contribution in [-0.2, 0) is 4.79 Å². The van der Waals surface area contributed by atoms with Gasteiger partial charge in [0, 0.05) is 17.5 Å². The highest BCUT2D eigenvalue weighted by Gasteiger charge is 2.37. The number of benzene rings is 1. The summed E-state index contributed by atoms with van der Waals surface area (Å²) in [4.78, 5) is 12.3. The zero-order chi connectivity index (χ0) is 14.9. The lowest BCUT2D eigenvalue weighted by atomic mass is 9.89. The highest BCUT2D eigenvalue weighted by atomic mass is 16.5. The number of ketones is 1. The normalized spacial score (nSPS) is 20.3. The third kappa shape index (κ3) is 2.38. The smallest absolute Gasteiger partial charge is 0.183 e. The first-order valence-corrected chi connectivity index (χ1v) is 6.60. The third-order valence-corrected chi connectivity index (χ3v) is 3.43. The number of Topliss-reactive ketones (excluding diaryl/α,β-unsaturated/α-hetero) is 1. The molecule has 108 valence electrons. The summed E-state index contributed by atoms with van der Waals surface area (Å²) in [5.74, 6) is 1.81. The maximum Gasteiger partial charge on any atom is 0.183 e. The Kier molecular flexibility index (Phi) is 3.75. The summed E-state index contributed by atoms with van der Waals surface area (Å²) < 4.78 is 16.4. The molecule has 0 saturated carbocycles. The van der Waals surface area contributed by atoms with E-state index in [2.05, 4.69) is 0 Å². The van der Waals surface area contributed by atoms with Gasteiger partial charge in [-0.1, -0.05) is 19.9 Å². The maximum atomic E-state index is 12.3. The van der Waals surface area contributed by atoms with Crippen molar-refractivity contribution >= 4 is 11.9 Å². The van der Waals surface area contributed by atoms with Gasteiger partial charge in [-0.25, -0.2) is 0 Å². The number of hydrogen-bond donors (Lipinski definition) is 0. The van der Waals surface area contributed by atoms with Crippen LogP contribution in [0.15, 0.2) is 18.2 Å². The van der Waals surface area contributed by atoms with Crippen LogP contribution in [-0.4, -0.2) is 25.6 Å². The highest BCUT2D eigenvalue weighted by Crippen LogP contribution is 2.40. The predicted molar refractivity (Wildman–Crippen MR) is 77.5 cm³/mol. The number of methoxy groups -OCH3 is 2. The van der Waals surface area contributed by atoms with E-state index in [1.165, 1.54) is 0 Å². The fourth-order valence-corrected chi connectivity index (χ4v) is 2.31. The van der Waals surface area contributed by atoms with Gasteiger partial charge in [-0.3, -0.25) is 4.79 Å². The highest BCUT2D eigenvalue weighted by molar-refractivity contribution is 5.93. The molecule has 1 heterocycles. The molecule has 0 spiro atoms. The van der Waals surface area contributed by atoms with Gasteiger partial charge in [-0.15, -0.1) is 0 Å². The van der Waals surface area contributed by atoms with Gasteiger partial charge in [-0.2, -0.15) is 0 Å². The first-order valence-electron chi connectivity index (χ1n) is 6.60. The molecule has 0 aromatic heterocycles. The Morgan fingerprint density at radius 2 is 1.80 bits per heavy atom. The molecule has 0 aliphatic carbocycles. The van der Waals surface area contributed by atoms with Crippen LogP contribution in [0.3, 0.4) is 0 Å². The van der Waals surface area contributed by atoms with Crippen LogP contribution in [0.25, 0.3) is 6.08 Å². The fourth-order valence-electron chi connectivity index (χ4n) is 2.31. The van der Waals surface area contributed by atoms with Crippen LogP contribution >= 0.6 is 0 Å². The number of fused-ring (bicyclic) bond motifs is 1. The topological polar surface area (TPSA) is 44.8 Å². The Hall–Kier alpha value is -1.97. The van der Waals surface area contributed by atoms with E-state index in [0.29, 0.717) is 17.2 Å². The summed E-state index contributed by atoms with van der Waals surface area (Å²) in [5.41, 5.74) is -0.0579. The number of hydrogen-bond acceptors (Lipinski definition) is 4. The summed E-state index contributed by atoms with van der Waals surface area (Å²) in [6.45, 7) is 5.52. The molecule has 1 aromatic rings. The molecule has 0 radical (unpaired) electrons. The van der Waals surface area contributed by atoms with Gasteiger partial charge in [0.05, 0.1) is 14.2 Å². The van der Waals surface area contributed by atoms with Crippen molar-refractivity contribution in [3.63, 3.8) is 0 Å². The second kappa shape index (κ2) is 5.19. The molecular weight excluding hydrogens is 256 g/mol. The Labute approximate surface area is 119 Å². The van der Waals surface area contributed by atoms with E-state index in [1.54, 1.807) is 33.3 Å². The second-order valence-corrected chi connectivity index (χ2v) is 5.31. The van der Waals surface area contributed by atoms with Crippen molar-refractivity contribution in [2.45, 2.75) is 26.4 Å². The van der Waals surface area contributed by atoms with Crippen molar-refractivity contribution in [2.75, 3.05) is 14.2 Å². The van der Waals surface area contributed by atoms with Crippen molar-refractivity contribution in [3.05, 3.63) is 23.8 Å². The molecule has 0 saturated heterocycles. The SMILES string of the molecule is COc1cc2c(cc1OC)O[C@](C)(C(=O)C(C)C)C=C2. The van der Waals surface area contributed by atoms with Gasteiger partial charge in [0.1, 0.15) is 5.75 Å². The van der Waals surface area contributed by atoms with Crippen molar-refractivity contribution < 1.29 is 19.0 Å². The first-order chi connectivity index (χ1) is 9.41. The van der Waals surface area contributed by atoms with Gasteiger partial charge >= 0.3 is 0 Å². The van der Waals surface area contributed by atoms with Crippen molar-refractivity contribution in [1.29, 1.82) is 0 Å². The molecule has 0 N–H and O–H groups in total. The first kappa shape index (κ1) is 14.4. The minimum absolute atomic E-state index is 0.0502. The molecular formula is C16H20O4. The Morgan fingerprint density at radius 1 is 1.20 bits per heavy atom. The molecule has 1 aliphatic heterocycles. The summed E-state index contributed by atoms with van der Waals surface area (Å²) in [6.07, 6.45) is 3.69. The largest absolute Gasteiger partial charge is 0.493 e. The molecule has 1 aliphatic rings. The minimum Gasteiger partial charge on any atom is -0.493 e. The van der Waals surface area contributed by atoms with Gasteiger partial charge in [-0.05, 0) is 19.1 Å². The number of ether oxygens (including phenoxy) is 3. The summed E-state index contributed by atoms with van der Waals surface area (Å²) >= 11 is 0. The molecule has 0 unspecified atom stereocenters. The Balaban J connectivity index is 2.43. The molecule has 1 aromatic carbocycles. The van der Waals surface area contributed by atoms with Gasteiger partial charge in [0.2, 0.25) is 0 Å². The quantitative estimate of drug-likeness (QED) is 0.847. The van der Waals surface area contributed by atoms with Gasteiger partial charge < -0.3 is 14.2 Å². The van der Waals surface area contributed by atoms with Crippen molar-refractivity contribution in [2.24, 2.45) is 5.92 Å². The Bertz CT molecular complexity index is 560. The molecule has 20 heavy (non-hydrogen) atoms. The molecule has 0 fully saturated rings. The number of rotatable bonds is 4. The van der Waals surface area contributed by atoms with Crippen LogP contribution in [0.1, 0.15) is 26.3 Å². The van der Waals surface area contributed by atoms with Gasteiger partial charge in [0.25, 0.3) is 0 Å². The average Bonchev–Trinajstić information content (AvgIpc) is 2.44. The van der Waals surface area contributed by atoms with Gasteiger partial charge in [0.15, 0.2) is 22.9 Å². The lowest BCUT2D eigenvalue weighted by Crippen LogP contribution is -2.43. The maximum absolute atomic E-state index is 12.3. The molecule has 4 nitrogen and oxygen atoms in total. The molecule has 1 atom stereocenters. The Morgan fingerprint density at radius 3 is 2.35 bits per heavy atom. The van der Waals surface area contributed by atoms with E-state index in [4.69, 9.17) is 14.2 Å². The summed E-state index contributed by atoms with van der Waals surface area (Å²) in [5, 5.41) is 0. The zero-order valence-corrected chi connectivity index (χ0v) is 12.5. The van der Waals surface area contributed by atoms with Crippen LogP contribution in [0.2, 0.25) is 0 Å². The molecule has 2 rings (SSSR count). The minimum atomic E-state index is -0.930. The van der Waals surface area contributed by atoms with Crippen LogP contribution in [0, 0.1) is 5.92 Å². The lowest BCUT2D eigenvalue weighted by molar-refractivity contribution is -0.133. The predicted octanol–water partition coefficient (Wildman–Crippen LogP) is 3.09. The van der Waals surface area contributed by atoms with Crippen LogP contribution in [0.5, 0.6) is 17.2 Å². The van der Waals surface area contributed by atoms with Crippen LogP contribution in [0.4, 0.5) is 0 Å². The van der Waals surface area contributed by atoms with Crippen molar-refractivity contribution in [3.8, 4) is 17.2 Å². The monoisotopic (exact) mass is 276 g/mol. The second-order valence-electron chi connectivity index (χ2n) is 5.31. The lowest BCUT2D eigenvalue weighted by Gasteiger charge is -2.32. The van der Waals surface area contributed by atoms with E-state index in [9.17, 15) is 4.79 Å². The number of carbonyl (C=O) groups is 1. The van der Waals surface area contributed by atoms with E-state index in [1.807, 2.05) is 26.0 Å². The third-order valence-electron chi connectivity index (χ3n) is 3.43. The molecule has 0 amide bonds. The zero-order valence-electron chi connectivity index (χ0n) is 12.5. The fraction of sp³-hybridized carbons (Fsp3) is 0.438. The van der Waals surface area contributed by atoms with Crippen LogP contribution < -0.4 is 14.2 Å². The van der Waals surface area contributed by atoms with E-state index < -0.39 is 5.60 Å². The molecule has 4 heteroatoms. The standard InChI is InChI=1S/C16H20O4/c1-10(2)15(17)16(3)7-6-11-8-13(18-4)14(19-5)9-12(11)20-16/h6-10H,1-5H3/t16-/m0/s1. The summed E-state index contributed by atoms with van der Waals surface area (Å²) in [7, 11) is 3.16. The van der Waals surface area contributed by atoms with E-state index >= 15 is 0 Å². The molecule has 0 bridgehead atoms.